The van der Waals surface area contributed by atoms with Crippen molar-refractivity contribution in [2.45, 2.75) is 39.3 Å². The molecule has 1 aromatic heterocycles. The zero-order chi connectivity index (χ0) is 10.9. The van der Waals surface area contributed by atoms with Crippen LogP contribution in [0.15, 0.2) is 12.4 Å². The molecule has 1 aromatic rings. The van der Waals surface area contributed by atoms with Crippen molar-refractivity contribution < 1.29 is 9.30 Å². The molecule has 1 rings (SSSR count). The molecule has 15 heavy (non-hydrogen) atoms. The van der Waals surface area contributed by atoms with E-state index in [4.69, 9.17) is 10.00 Å². The second-order valence-corrected chi connectivity index (χ2v) is 3.36. The molecule has 4 heteroatoms. The maximum atomic E-state index is 8.41. The lowest BCUT2D eigenvalue weighted by Crippen LogP contribution is -2.37. The molecule has 1 heterocycles. The number of nitriles is 1. The third-order valence-electron chi connectivity index (χ3n) is 2.24. The first-order chi connectivity index (χ1) is 7.38. The summed E-state index contributed by atoms with van der Waals surface area (Å²) in [5.41, 5.74) is 0. The standard InChI is InChI=1S/C11H17N3O/c1-2-15-10-14-9-8-13-11(14)6-4-3-5-7-12/h8-9H,2-6,10H2,1H3/p+1. The van der Waals surface area contributed by atoms with E-state index in [-0.39, 0.29) is 0 Å². The van der Waals surface area contributed by atoms with Gasteiger partial charge in [-0.25, -0.2) is 9.55 Å². The molecule has 0 radical (unpaired) electrons. The number of H-pyrrole nitrogens is 1. The highest BCUT2D eigenvalue weighted by Gasteiger charge is 2.09. The smallest absolute Gasteiger partial charge is 0.256 e. The van der Waals surface area contributed by atoms with E-state index < -0.39 is 0 Å². The molecule has 0 fully saturated rings. The Hall–Kier alpha value is -1.34. The van der Waals surface area contributed by atoms with E-state index in [2.05, 4.69) is 15.6 Å². The Morgan fingerprint density at radius 1 is 1.53 bits per heavy atom. The van der Waals surface area contributed by atoms with Gasteiger partial charge in [0.05, 0.1) is 6.07 Å². The first-order valence-electron chi connectivity index (χ1n) is 5.39. The van der Waals surface area contributed by atoms with Crippen molar-refractivity contribution in [1.29, 1.82) is 5.26 Å². The van der Waals surface area contributed by atoms with Gasteiger partial charge in [-0.3, -0.25) is 0 Å². The molecule has 0 unspecified atom stereocenters. The normalized spacial score (nSPS) is 10.1. The Bertz CT molecular complexity index is 314. The molecule has 0 atom stereocenters. The molecular formula is C11H18N3O+. The van der Waals surface area contributed by atoms with Gasteiger partial charge < -0.3 is 4.74 Å². The topological polar surface area (TPSA) is 52.7 Å². The summed E-state index contributed by atoms with van der Waals surface area (Å²) in [7, 11) is 0. The second kappa shape index (κ2) is 7.02. The zero-order valence-corrected chi connectivity index (χ0v) is 9.20. The van der Waals surface area contributed by atoms with Crippen LogP contribution in [0, 0.1) is 11.3 Å². The average Bonchev–Trinajstić information content (AvgIpc) is 2.69. The third-order valence-corrected chi connectivity index (χ3v) is 2.24. The number of nitrogens with zero attached hydrogens (tertiary/aromatic N) is 2. The highest BCUT2D eigenvalue weighted by Crippen LogP contribution is 2.00. The SMILES string of the molecule is CCOC[n+]1cc[nH]c1CCCCC#N. The first-order valence-corrected chi connectivity index (χ1v) is 5.39. The van der Waals surface area contributed by atoms with Crippen molar-refractivity contribution in [3.05, 3.63) is 18.2 Å². The van der Waals surface area contributed by atoms with Crippen LogP contribution in [0.25, 0.3) is 0 Å². The van der Waals surface area contributed by atoms with Gasteiger partial charge in [-0.05, 0) is 19.8 Å². The van der Waals surface area contributed by atoms with Gasteiger partial charge in [-0.15, -0.1) is 0 Å². The van der Waals surface area contributed by atoms with E-state index in [0.717, 1.165) is 25.9 Å². The van der Waals surface area contributed by atoms with E-state index >= 15 is 0 Å². The summed E-state index contributed by atoms with van der Waals surface area (Å²) in [4.78, 5) is 3.19. The van der Waals surface area contributed by atoms with Gasteiger partial charge in [0.15, 0.2) is 6.73 Å². The predicted octanol–water partition coefficient (Wildman–Crippen LogP) is 1.53. The summed E-state index contributed by atoms with van der Waals surface area (Å²) in [6.45, 7) is 3.32. The fourth-order valence-electron chi connectivity index (χ4n) is 1.42. The average molecular weight is 208 g/mol. The van der Waals surface area contributed by atoms with E-state index in [1.165, 1.54) is 5.82 Å². The number of aromatic amines is 1. The largest absolute Gasteiger partial charge is 0.342 e. The van der Waals surface area contributed by atoms with Crippen LogP contribution >= 0.6 is 0 Å². The maximum absolute atomic E-state index is 8.41. The molecular weight excluding hydrogens is 190 g/mol. The van der Waals surface area contributed by atoms with Crippen LogP contribution in [-0.2, 0) is 17.9 Å². The summed E-state index contributed by atoms with van der Waals surface area (Å²) in [6, 6.07) is 2.15. The molecule has 0 amide bonds. The summed E-state index contributed by atoms with van der Waals surface area (Å²) in [5.74, 6) is 1.17. The monoisotopic (exact) mass is 208 g/mol. The number of unbranched alkanes of at least 4 members (excludes halogenated alkanes) is 2. The van der Waals surface area contributed by atoms with E-state index in [0.29, 0.717) is 13.2 Å². The molecule has 0 bridgehead atoms. The fourth-order valence-corrected chi connectivity index (χ4v) is 1.42. The molecule has 4 nitrogen and oxygen atoms in total. The number of hydrogen-bond acceptors (Lipinski definition) is 2. The van der Waals surface area contributed by atoms with Crippen LogP contribution in [0.5, 0.6) is 0 Å². The predicted molar refractivity (Wildman–Crippen MR) is 55.8 cm³/mol. The highest BCUT2D eigenvalue weighted by atomic mass is 16.5. The second-order valence-electron chi connectivity index (χ2n) is 3.36. The summed E-state index contributed by atoms with van der Waals surface area (Å²) in [6.07, 6.45) is 7.52. The van der Waals surface area contributed by atoms with Crippen molar-refractivity contribution in [3.8, 4) is 6.07 Å². The summed E-state index contributed by atoms with van der Waals surface area (Å²) < 4.78 is 7.40. The lowest BCUT2D eigenvalue weighted by atomic mass is 10.2. The number of imidazole rings is 1. The minimum absolute atomic E-state index is 0.605. The number of ether oxygens (including phenoxy) is 1. The minimum atomic E-state index is 0.605. The summed E-state index contributed by atoms with van der Waals surface area (Å²) >= 11 is 0. The Labute approximate surface area is 90.5 Å². The van der Waals surface area contributed by atoms with Crippen LogP contribution in [-0.4, -0.2) is 11.6 Å². The summed E-state index contributed by atoms with van der Waals surface area (Å²) in [5, 5.41) is 8.41. The lowest BCUT2D eigenvalue weighted by Gasteiger charge is -2.00. The van der Waals surface area contributed by atoms with Crippen molar-refractivity contribution in [3.63, 3.8) is 0 Å². The number of hydrogen-bond donors (Lipinski definition) is 1. The molecule has 0 saturated carbocycles. The Balaban J connectivity index is 2.33. The van der Waals surface area contributed by atoms with Crippen LogP contribution in [0.3, 0.4) is 0 Å². The fraction of sp³-hybridized carbons (Fsp3) is 0.636. The third kappa shape index (κ3) is 4.13. The number of aryl methyl sites for hydroxylation is 1. The van der Waals surface area contributed by atoms with Crippen LogP contribution < -0.4 is 4.57 Å². The number of aromatic nitrogens is 2. The molecule has 0 aliphatic rings. The molecule has 0 aliphatic heterocycles. The number of nitrogens with one attached hydrogen (secondary N) is 1. The van der Waals surface area contributed by atoms with Gasteiger partial charge in [-0.2, -0.15) is 5.26 Å². The molecule has 0 saturated heterocycles. The van der Waals surface area contributed by atoms with Gasteiger partial charge in [0.2, 0.25) is 0 Å². The molecule has 82 valence electrons. The van der Waals surface area contributed by atoms with Crippen molar-refractivity contribution in [1.82, 2.24) is 4.98 Å². The molecule has 0 spiro atoms. The maximum Gasteiger partial charge on any atom is 0.256 e. The highest BCUT2D eigenvalue weighted by molar-refractivity contribution is 4.78. The number of rotatable bonds is 7. The van der Waals surface area contributed by atoms with Gasteiger partial charge in [0.1, 0.15) is 12.4 Å². The molecule has 0 aliphatic carbocycles. The lowest BCUT2D eigenvalue weighted by molar-refractivity contribution is -0.737. The minimum Gasteiger partial charge on any atom is -0.342 e. The Kier molecular flexibility index (Phi) is 5.49. The van der Waals surface area contributed by atoms with Gasteiger partial charge in [-0.1, -0.05) is 0 Å². The Morgan fingerprint density at radius 3 is 3.13 bits per heavy atom. The molecule has 0 aromatic carbocycles. The van der Waals surface area contributed by atoms with Gasteiger partial charge in [0.25, 0.3) is 5.82 Å². The quantitative estimate of drug-likeness (QED) is 0.545. The van der Waals surface area contributed by atoms with Crippen LogP contribution in [0.4, 0.5) is 0 Å². The van der Waals surface area contributed by atoms with E-state index in [1.54, 1.807) is 0 Å². The zero-order valence-electron chi connectivity index (χ0n) is 9.20. The van der Waals surface area contributed by atoms with Crippen LogP contribution in [0.1, 0.15) is 32.0 Å². The Morgan fingerprint density at radius 2 is 2.40 bits per heavy atom. The van der Waals surface area contributed by atoms with Crippen molar-refractivity contribution >= 4 is 0 Å². The van der Waals surface area contributed by atoms with E-state index in [9.17, 15) is 0 Å². The van der Waals surface area contributed by atoms with Gasteiger partial charge in [0, 0.05) is 19.4 Å². The molecule has 1 N–H and O–H groups in total. The first kappa shape index (κ1) is 11.7. The van der Waals surface area contributed by atoms with Gasteiger partial charge >= 0.3 is 0 Å². The van der Waals surface area contributed by atoms with Crippen LogP contribution in [0.2, 0.25) is 0 Å². The van der Waals surface area contributed by atoms with E-state index in [1.807, 2.05) is 19.3 Å². The van der Waals surface area contributed by atoms with Crippen molar-refractivity contribution in [2.24, 2.45) is 0 Å². The van der Waals surface area contributed by atoms with Crippen molar-refractivity contribution in [2.75, 3.05) is 6.61 Å².